The molecule has 4 nitrogen and oxygen atoms in total. The van der Waals surface area contributed by atoms with Gasteiger partial charge in [-0.1, -0.05) is 6.42 Å². The predicted molar refractivity (Wildman–Crippen MR) is 68.4 cm³/mol. The van der Waals surface area contributed by atoms with Crippen molar-refractivity contribution in [3.63, 3.8) is 0 Å². The molecule has 4 heteroatoms. The molecule has 2 rings (SSSR count). The Morgan fingerprint density at radius 1 is 1.39 bits per heavy atom. The molecule has 1 aromatic heterocycles. The molecule has 1 saturated carbocycles. The van der Waals surface area contributed by atoms with Crippen LogP contribution in [0.2, 0.25) is 0 Å². The van der Waals surface area contributed by atoms with Gasteiger partial charge >= 0.3 is 5.97 Å². The first-order valence-electron chi connectivity index (χ1n) is 6.39. The molecule has 0 N–H and O–H groups in total. The summed E-state index contributed by atoms with van der Waals surface area (Å²) in [5.41, 5.74) is 1.19. The van der Waals surface area contributed by atoms with E-state index in [1.807, 2.05) is 13.0 Å². The maximum Gasteiger partial charge on any atom is 0.318 e. The van der Waals surface area contributed by atoms with Gasteiger partial charge in [0.15, 0.2) is 0 Å². The number of aryl methyl sites for hydroxylation is 1. The zero-order valence-electron chi connectivity index (χ0n) is 11.5. The zero-order valence-corrected chi connectivity index (χ0v) is 11.5. The number of hydrogen-bond donors (Lipinski definition) is 0. The summed E-state index contributed by atoms with van der Waals surface area (Å²) in [5, 5.41) is 0. The smallest absolute Gasteiger partial charge is 0.318 e. The summed E-state index contributed by atoms with van der Waals surface area (Å²) < 4.78 is 4.83. The molecule has 0 spiro atoms. The van der Waals surface area contributed by atoms with Crippen LogP contribution in [0.4, 0.5) is 0 Å². The Bertz CT molecular complexity index is 465. The molecule has 0 amide bonds. The van der Waals surface area contributed by atoms with Crippen molar-refractivity contribution < 1.29 is 9.53 Å². The monoisotopic (exact) mass is 248 g/mol. The maximum atomic E-state index is 11.8. The van der Waals surface area contributed by atoms with Gasteiger partial charge in [0.25, 0.3) is 0 Å². The molecule has 0 bridgehead atoms. The Kier molecular flexibility index (Phi) is 3.37. The van der Waals surface area contributed by atoms with Gasteiger partial charge in [-0.25, -0.2) is 9.97 Å². The number of esters is 1. The second kappa shape index (κ2) is 4.67. The Morgan fingerprint density at radius 3 is 2.56 bits per heavy atom. The van der Waals surface area contributed by atoms with E-state index in [1.165, 1.54) is 26.4 Å². The van der Waals surface area contributed by atoms with Crippen LogP contribution in [0.15, 0.2) is 6.07 Å². The summed E-state index contributed by atoms with van der Waals surface area (Å²) in [7, 11) is 1.40. The van der Waals surface area contributed by atoms with Crippen molar-refractivity contribution in [2.75, 3.05) is 7.11 Å². The highest BCUT2D eigenvalue weighted by Gasteiger charge is 2.35. The maximum absolute atomic E-state index is 11.8. The van der Waals surface area contributed by atoms with Gasteiger partial charge < -0.3 is 4.74 Å². The molecule has 1 aliphatic rings. The van der Waals surface area contributed by atoms with Gasteiger partial charge in [0.2, 0.25) is 0 Å². The minimum absolute atomic E-state index is 0.298. The fraction of sp³-hybridized carbons (Fsp3) is 0.643. The zero-order chi connectivity index (χ0) is 13.3. The van der Waals surface area contributed by atoms with Crippen LogP contribution in [0, 0.1) is 6.92 Å². The lowest BCUT2D eigenvalue weighted by Crippen LogP contribution is -2.33. The highest BCUT2D eigenvalue weighted by Crippen LogP contribution is 2.36. The van der Waals surface area contributed by atoms with Crippen molar-refractivity contribution in [2.45, 2.75) is 51.4 Å². The fourth-order valence-corrected chi connectivity index (χ4v) is 2.13. The van der Waals surface area contributed by atoms with Gasteiger partial charge in [0.1, 0.15) is 11.2 Å². The van der Waals surface area contributed by atoms with Crippen LogP contribution < -0.4 is 0 Å². The van der Waals surface area contributed by atoms with E-state index in [4.69, 9.17) is 4.74 Å². The van der Waals surface area contributed by atoms with Crippen molar-refractivity contribution in [3.8, 4) is 0 Å². The Labute approximate surface area is 108 Å². The summed E-state index contributed by atoms with van der Waals surface area (Å²) in [6.07, 6.45) is 3.65. The number of ether oxygens (including phenoxy) is 1. The SMILES string of the molecule is COC(=O)C(C)(C)c1nc(C)cc(C2CCC2)n1. The number of carbonyl (C=O) groups excluding carboxylic acids is 1. The lowest BCUT2D eigenvalue weighted by Gasteiger charge is -2.27. The quantitative estimate of drug-likeness (QED) is 0.771. The summed E-state index contributed by atoms with van der Waals surface area (Å²) in [6.45, 7) is 5.55. The van der Waals surface area contributed by atoms with Crippen molar-refractivity contribution in [3.05, 3.63) is 23.3 Å². The molecular formula is C14H20N2O2. The fourth-order valence-electron chi connectivity index (χ4n) is 2.13. The minimum atomic E-state index is -0.792. The number of rotatable bonds is 3. The van der Waals surface area contributed by atoms with Gasteiger partial charge in [-0.15, -0.1) is 0 Å². The van der Waals surface area contributed by atoms with E-state index >= 15 is 0 Å². The van der Waals surface area contributed by atoms with Crippen LogP contribution in [0.3, 0.4) is 0 Å². The first-order valence-corrected chi connectivity index (χ1v) is 6.39. The molecule has 1 aliphatic carbocycles. The first kappa shape index (κ1) is 13.0. The van der Waals surface area contributed by atoms with Crippen LogP contribution in [-0.4, -0.2) is 23.0 Å². The van der Waals surface area contributed by atoms with E-state index in [0.29, 0.717) is 11.7 Å². The predicted octanol–water partition coefficient (Wildman–Crippen LogP) is 2.50. The van der Waals surface area contributed by atoms with E-state index in [9.17, 15) is 4.79 Å². The third-order valence-corrected chi connectivity index (χ3v) is 3.65. The molecule has 1 aromatic rings. The number of hydrogen-bond acceptors (Lipinski definition) is 4. The lowest BCUT2D eigenvalue weighted by atomic mass is 9.82. The topological polar surface area (TPSA) is 52.1 Å². The third kappa shape index (κ3) is 2.24. The summed E-state index contributed by atoms with van der Waals surface area (Å²) in [4.78, 5) is 20.8. The average molecular weight is 248 g/mol. The van der Waals surface area contributed by atoms with Gasteiger partial charge in [-0.2, -0.15) is 0 Å². The summed E-state index contributed by atoms with van der Waals surface area (Å²) in [5.74, 6) is 0.808. The number of nitrogens with zero attached hydrogens (tertiary/aromatic N) is 2. The third-order valence-electron chi connectivity index (χ3n) is 3.65. The molecule has 18 heavy (non-hydrogen) atoms. The van der Waals surface area contributed by atoms with Crippen LogP contribution in [-0.2, 0) is 14.9 Å². The second-order valence-electron chi connectivity index (χ2n) is 5.50. The van der Waals surface area contributed by atoms with Crippen molar-refractivity contribution in [1.29, 1.82) is 0 Å². The largest absolute Gasteiger partial charge is 0.468 e. The number of carbonyl (C=O) groups is 1. The first-order chi connectivity index (χ1) is 8.45. The molecule has 1 heterocycles. The van der Waals surface area contributed by atoms with Crippen molar-refractivity contribution in [2.24, 2.45) is 0 Å². The molecule has 0 radical (unpaired) electrons. The lowest BCUT2D eigenvalue weighted by molar-refractivity contribution is -0.146. The van der Waals surface area contributed by atoms with Crippen LogP contribution in [0.5, 0.6) is 0 Å². The number of methoxy groups -OCH3 is 1. The highest BCUT2D eigenvalue weighted by molar-refractivity contribution is 5.80. The molecule has 1 fully saturated rings. The van der Waals surface area contributed by atoms with E-state index in [0.717, 1.165) is 11.4 Å². The summed E-state index contributed by atoms with van der Waals surface area (Å²) in [6, 6.07) is 2.03. The average Bonchev–Trinajstić information content (AvgIpc) is 2.24. The van der Waals surface area contributed by atoms with Crippen LogP contribution in [0.1, 0.15) is 56.2 Å². The normalized spacial score (nSPS) is 16.2. The molecular weight excluding hydrogens is 228 g/mol. The van der Waals surface area contributed by atoms with Crippen molar-refractivity contribution in [1.82, 2.24) is 9.97 Å². The van der Waals surface area contributed by atoms with Gasteiger partial charge in [-0.05, 0) is 39.7 Å². The minimum Gasteiger partial charge on any atom is -0.468 e. The summed E-state index contributed by atoms with van der Waals surface area (Å²) >= 11 is 0. The molecule has 0 unspecified atom stereocenters. The van der Waals surface area contributed by atoms with Gasteiger partial charge in [0.05, 0.1) is 7.11 Å². The Morgan fingerprint density at radius 2 is 2.06 bits per heavy atom. The molecule has 98 valence electrons. The Balaban J connectivity index is 2.38. The van der Waals surface area contributed by atoms with E-state index in [2.05, 4.69) is 9.97 Å². The van der Waals surface area contributed by atoms with E-state index in [1.54, 1.807) is 13.8 Å². The standard InChI is InChI=1S/C14H20N2O2/c1-9-8-11(10-6-5-7-10)16-12(15-9)14(2,3)13(17)18-4/h8,10H,5-7H2,1-4H3. The van der Waals surface area contributed by atoms with E-state index < -0.39 is 5.41 Å². The number of aromatic nitrogens is 2. The molecule has 0 aliphatic heterocycles. The molecule has 0 aromatic carbocycles. The van der Waals surface area contributed by atoms with Crippen molar-refractivity contribution >= 4 is 5.97 Å². The second-order valence-corrected chi connectivity index (χ2v) is 5.50. The Hall–Kier alpha value is -1.45. The van der Waals surface area contributed by atoms with Gasteiger partial charge in [-0.3, -0.25) is 4.79 Å². The van der Waals surface area contributed by atoms with Crippen LogP contribution >= 0.6 is 0 Å². The molecule has 0 atom stereocenters. The molecule has 0 saturated heterocycles. The highest BCUT2D eigenvalue weighted by atomic mass is 16.5. The van der Waals surface area contributed by atoms with E-state index in [-0.39, 0.29) is 5.97 Å². The van der Waals surface area contributed by atoms with Crippen LogP contribution in [0.25, 0.3) is 0 Å². The van der Waals surface area contributed by atoms with Gasteiger partial charge in [0, 0.05) is 17.3 Å².